The van der Waals surface area contributed by atoms with Crippen LogP contribution in [0.5, 0.6) is 0 Å². The lowest BCUT2D eigenvalue weighted by molar-refractivity contribution is -0.161. The lowest BCUT2D eigenvalue weighted by Gasteiger charge is -2.21. The largest absolute Gasteiger partial charge is 0.472 e. The average molecular weight is 1510 g/mol. The number of carbonyl (C=O) groups excluding carboxylic acids is 4. The highest BCUT2D eigenvalue weighted by Crippen LogP contribution is 2.45. The minimum atomic E-state index is -4.97. The van der Waals surface area contributed by atoms with E-state index >= 15 is 0 Å². The van der Waals surface area contributed by atoms with E-state index in [1.807, 2.05) is 0 Å². The number of esters is 4. The van der Waals surface area contributed by atoms with E-state index in [2.05, 4.69) is 48.5 Å². The molecule has 0 fully saturated rings. The summed E-state index contributed by atoms with van der Waals surface area (Å²) < 4.78 is 68.9. The fourth-order valence-corrected chi connectivity index (χ4v) is 14.6. The molecule has 0 amide bonds. The molecule has 0 bridgehead atoms. The highest BCUT2D eigenvalue weighted by Gasteiger charge is 2.30. The van der Waals surface area contributed by atoms with Crippen molar-refractivity contribution in [3.63, 3.8) is 0 Å². The molecule has 6 atom stereocenters. The summed E-state index contributed by atoms with van der Waals surface area (Å²) >= 11 is 0. The number of phosphoric acid groups is 2. The lowest BCUT2D eigenvalue weighted by atomic mass is 9.99. The maximum absolute atomic E-state index is 13.1. The summed E-state index contributed by atoms with van der Waals surface area (Å²) in [5, 5.41) is 10.7. The first-order chi connectivity index (χ1) is 49.8. The molecule has 0 rings (SSSR count). The molecule has 0 aromatic carbocycles. The first-order valence-corrected chi connectivity index (χ1v) is 46.4. The number of hydrogen-bond donors (Lipinski definition) is 3. The Morgan fingerprint density at radius 2 is 0.495 bits per heavy atom. The fraction of sp³-hybridized carbons (Fsp3) is 0.952. The maximum atomic E-state index is 13.1. The molecule has 0 spiro atoms. The number of ether oxygens (including phenoxy) is 4. The van der Waals surface area contributed by atoms with Gasteiger partial charge in [0.25, 0.3) is 0 Å². The summed E-state index contributed by atoms with van der Waals surface area (Å²) in [5.74, 6) is 0.291. The summed E-state index contributed by atoms with van der Waals surface area (Å²) in [6, 6.07) is 0. The Morgan fingerprint density at radius 3 is 0.738 bits per heavy atom. The van der Waals surface area contributed by atoms with Crippen LogP contribution >= 0.6 is 15.6 Å². The predicted octanol–water partition coefficient (Wildman–Crippen LogP) is 25.3. The number of aliphatic hydroxyl groups is 1. The number of rotatable bonds is 82. The van der Waals surface area contributed by atoms with Crippen LogP contribution in [0.25, 0.3) is 0 Å². The molecule has 0 saturated carbocycles. The molecule has 19 heteroatoms. The van der Waals surface area contributed by atoms with Gasteiger partial charge in [-0.15, -0.1) is 0 Å². The molecule has 0 aromatic rings. The van der Waals surface area contributed by atoms with E-state index in [1.54, 1.807) is 0 Å². The van der Waals surface area contributed by atoms with Gasteiger partial charge >= 0.3 is 39.5 Å². The zero-order valence-corrected chi connectivity index (χ0v) is 69.6. The summed E-state index contributed by atoms with van der Waals surface area (Å²) in [6.45, 7) is 12.0. The van der Waals surface area contributed by atoms with Crippen LogP contribution in [-0.2, 0) is 65.4 Å². The molecule has 0 aromatic heterocycles. The van der Waals surface area contributed by atoms with Gasteiger partial charge in [0.1, 0.15) is 19.3 Å². The number of carbonyl (C=O) groups is 4. The quantitative estimate of drug-likeness (QED) is 0.0222. The molecule has 0 aliphatic heterocycles. The molecule has 3 N–H and O–H groups in total. The van der Waals surface area contributed by atoms with Gasteiger partial charge < -0.3 is 33.8 Å². The van der Waals surface area contributed by atoms with E-state index in [9.17, 15) is 43.2 Å². The van der Waals surface area contributed by atoms with Crippen molar-refractivity contribution in [1.29, 1.82) is 0 Å². The van der Waals surface area contributed by atoms with Crippen molar-refractivity contribution in [2.24, 2.45) is 17.8 Å². The van der Waals surface area contributed by atoms with Crippen molar-refractivity contribution < 1.29 is 80.2 Å². The minimum Gasteiger partial charge on any atom is -0.462 e. The van der Waals surface area contributed by atoms with Gasteiger partial charge in [-0.25, -0.2) is 9.13 Å². The third-order valence-corrected chi connectivity index (χ3v) is 21.9. The Kier molecular flexibility index (Phi) is 72.8. The zero-order chi connectivity index (χ0) is 75.8. The Balaban J connectivity index is 5.27. The van der Waals surface area contributed by atoms with Crippen LogP contribution in [0.4, 0.5) is 0 Å². The first kappa shape index (κ1) is 101. The standard InChI is InChI=1S/C84H164O17P2/c1-8-10-11-12-13-14-15-16-18-26-31-38-46-53-60-67-83(88)101-80(72-95-82(87)66-59-52-45-40-33-35-42-49-56-63-76(5)6)74-99-103(92,93)97-70-78(85)69-96-102(90,91)98-73-79(100-84(89)68-61-54-47-39-32-27-20-17-19-23-28-34-41-48-55-62-75(3)4)71-94-81(86)65-58-51-44-37-30-25-22-21-24-29-36-43-50-57-64-77(7)9-2/h75-80,85H,8-74H2,1-7H3,(H,90,91)(H,92,93)/t77?,78-,79-,80-/m1/s1. The number of hydrogen-bond acceptors (Lipinski definition) is 15. The van der Waals surface area contributed by atoms with Gasteiger partial charge in [0, 0.05) is 25.7 Å². The van der Waals surface area contributed by atoms with E-state index in [4.69, 9.17) is 37.0 Å². The Morgan fingerprint density at radius 1 is 0.282 bits per heavy atom. The summed E-state index contributed by atoms with van der Waals surface area (Å²) in [4.78, 5) is 73.2. The van der Waals surface area contributed by atoms with Crippen LogP contribution in [0.2, 0.25) is 0 Å². The number of unbranched alkanes of at least 4 members (excludes halogenated alkanes) is 49. The second kappa shape index (κ2) is 74.2. The van der Waals surface area contributed by atoms with E-state index in [0.29, 0.717) is 25.7 Å². The minimum absolute atomic E-state index is 0.108. The number of phosphoric ester groups is 2. The molecule has 0 saturated heterocycles. The molecule has 0 aliphatic carbocycles. The van der Waals surface area contributed by atoms with E-state index in [1.165, 1.54) is 250 Å². The molecular formula is C84H164O17P2. The van der Waals surface area contributed by atoms with Crippen molar-refractivity contribution in [2.45, 2.75) is 458 Å². The van der Waals surface area contributed by atoms with Crippen molar-refractivity contribution in [3.8, 4) is 0 Å². The smallest absolute Gasteiger partial charge is 0.462 e. The molecule has 0 heterocycles. The van der Waals surface area contributed by atoms with Crippen LogP contribution in [0.3, 0.4) is 0 Å². The van der Waals surface area contributed by atoms with Crippen molar-refractivity contribution in [3.05, 3.63) is 0 Å². The van der Waals surface area contributed by atoms with Gasteiger partial charge in [-0.3, -0.25) is 37.3 Å². The Hall–Kier alpha value is -1.94. The van der Waals surface area contributed by atoms with Crippen molar-refractivity contribution >= 4 is 39.5 Å². The summed E-state index contributed by atoms with van der Waals surface area (Å²) in [6.07, 6.45) is 63.7. The van der Waals surface area contributed by atoms with Crippen LogP contribution in [0, 0.1) is 17.8 Å². The summed E-state index contributed by atoms with van der Waals surface area (Å²) in [5.41, 5.74) is 0. The van der Waals surface area contributed by atoms with Gasteiger partial charge in [0.2, 0.25) is 0 Å². The Bertz CT molecular complexity index is 1990. The van der Waals surface area contributed by atoms with Gasteiger partial charge in [0.15, 0.2) is 12.2 Å². The van der Waals surface area contributed by atoms with Crippen molar-refractivity contribution in [1.82, 2.24) is 0 Å². The van der Waals surface area contributed by atoms with Gasteiger partial charge in [-0.05, 0) is 43.4 Å². The normalized spacial score (nSPS) is 14.2. The van der Waals surface area contributed by atoms with Gasteiger partial charge in [-0.2, -0.15) is 0 Å². The first-order valence-electron chi connectivity index (χ1n) is 43.4. The van der Waals surface area contributed by atoms with Crippen molar-refractivity contribution in [2.75, 3.05) is 39.6 Å². The highest BCUT2D eigenvalue weighted by atomic mass is 31.2. The fourth-order valence-electron chi connectivity index (χ4n) is 13.0. The number of aliphatic hydroxyl groups excluding tert-OH is 1. The predicted molar refractivity (Wildman–Crippen MR) is 423 cm³/mol. The second-order valence-corrected chi connectivity index (χ2v) is 34.3. The zero-order valence-electron chi connectivity index (χ0n) is 67.8. The van der Waals surface area contributed by atoms with Gasteiger partial charge in [-0.1, -0.05) is 389 Å². The maximum Gasteiger partial charge on any atom is 0.472 e. The second-order valence-electron chi connectivity index (χ2n) is 31.4. The molecule has 0 aliphatic rings. The third-order valence-electron chi connectivity index (χ3n) is 20.0. The van der Waals surface area contributed by atoms with Crippen LogP contribution in [0.1, 0.15) is 440 Å². The molecule has 17 nitrogen and oxygen atoms in total. The van der Waals surface area contributed by atoms with E-state index in [-0.39, 0.29) is 25.7 Å². The highest BCUT2D eigenvalue weighted by molar-refractivity contribution is 7.47. The lowest BCUT2D eigenvalue weighted by Crippen LogP contribution is -2.30. The molecule has 3 unspecified atom stereocenters. The van der Waals surface area contributed by atoms with Crippen LogP contribution in [-0.4, -0.2) is 96.7 Å². The van der Waals surface area contributed by atoms with E-state index < -0.39 is 97.5 Å². The molecule has 103 heavy (non-hydrogen) atoms. The molecular weight excluding hydrogens is 1340 g/mol. The molecule has 612 valence electrons. The SMILES string of the molecule is CCCCCCCCCCCCCCCCCC(=O)O[C@H](COC(=O)CCCCCCCCCCCC(C)C)COP(=O)(O)OC[C@H](O)COP(=O)(O)OC[C@@H](COC(=O)CCCCCCCCCCCCCCCCC(C)CC)OC(=O)CCCCCCCCCCCCCCCCCC(C)C. The topological polar surface area (TPSA) is 237 Å². The van der Waals surface area contributed by atoms with Crippen LogP contribution in [0.15, 0.2) is 0 Å². The van der Waals surface area contributed by atoms with E-state index in [0.717, 1.165) is 108 Å². The third kappa shape index (κ3) is 76.6. The monoisotopic (exact) mass is 1510 g/mol. The van der Waals surface area contributed by atoms with Crippen LogP contribution < -0.4 is 0 Å². The molecule has 0 radical (unpaired) electrons. The summed E-state index contributed by atoms with van der Waals surface area (Å²) in [7, 11) is -9.93. The van der Waals surface area contributed by atoms with Gasteiger partial charge in [0.05, 0.1) is 26.4 Å². The Labute approximate surface area is 632 Å². The average Bonchev–Trinajstić information content (AvgIpc) is 0.981.